The molecule has 1 unspecified atom stereocenters. The van der Waals surface area contributed by atoms with Gasteiger partial charge in [0.2, 0.25) is 0 Å². The molecule has 1 fully saturated rings. The molecule has 0 amide bonds. The highest BCUT2D eigenvalue weighted by Crippen LogP contribution is 2.44. The molecule has 2 heterocycles. The molecule has 0 bridgehead atoms. The van der Waals surface area contributed by atoms with E-state index < -0.39 is 75.6 Å². The van der Waals surface area contributed by atoms with Crippen LogP contribution in [0.25, 0.3) is 0 Å². The molecule has 1 aromatic heterocycles. The maximum absolute atomic E-state index is 12.4. The Labute approximate surface area is 198 Å². The lowest BCUT2D eigenvalue weighted by Gasteiger charge is -2.30. The molecule has 1 aliphatic heterocycles. The number of benzene rings is 1. The minimum atomic E-state index is -1.17. The first-order valence-electron chi connectivity index (χ1n) is 10.7. The molecule has 0 spiro atoms. The second kappa shape index (κ2) is 10.0. The molecule has 1 aliphatic rings. The van der Waals surface area contributed by atoms with Crippen LogP contribution in [0.3, 0.4) is 0 Å². The zero-order valence-corrected chi connectivity index (χ0v) is 19.2. The Morgan fingerprint density at radius 3 is 2.31 bits per heavy atom. The van der Waals surface area contributed by atoms with Gasteiger partial charge in [0.25, 0.3) is 16.9 Å². The largest absolute Gasteiger partial charge is 0.394 e. The maximum atomic E-state index is 12.4. The van der Waals surface area contributed by atoms with E-state index in [4.69, 9.17) is 9.47 Å². The first-order valence-corrected chi connectivity index (χ1v) is 10.7. The molecule has 3 rings (SSSR count). The smallest absolute Gasteiger partial charge is 0.330 e. The number of nitrogens with zero attached hydrogens (tertiary/aromatic N) is 3. The van der Waals surface area contributed by atoms with Crippen molar-refractivity contribution in [1.82, 2.24) is 9.55 Å². The number of hydrogen-bond donors (Lipinski definition) is 3. The van der Waals surface area contributed by atoms with Crippen molar-refractivity contribution in [2.24, 2.45) is 5.41 Å². The first kappa shape index (κ1) is 26.2. The summed E-state index contributed by atoms with van der Waals surface area (Å²) in [5.41, 5.74) is -3.75. The van der Waals surface area contributed by atoms with Crippen LogP contribution in [0.1, 0.15) is 50.7 Å². The van der Waals surface area contributed by atoms with Gasteiger partial charge in [-0.2, -0.15) is 0 Å². The van der Waals surface area contributed by atoms with Crippen molar-refractivity contribution in [3.05, 3.63) is 76.6 Å². The molecular formula is C21H26N4O10. The summed E-state index contributed by atoms with van der Waals surface area (Å²) in [5, 5.41) is 42.5. The van der Waals surface area contributed by atoms with E-state index in [2.05, 4.69) is 4.98 Å². The monoisotopic (exact) mass is 494 g/mol. The maximum Gasteiger partial charge on any atom is 0.330 e. The number of nitrogens with one attached hydrogen (secondary N) is 1. The van der Waals surface area contributed by atoms with E-state index in [9.17, 15) is 40.0 Å². The van der Waals surface area contributed by atoms with E-state index in [0.717, 1.165) is 16.7 Å². The molecule has 0 aliphatic carbocycles. The summed E-state index contributed by atoms with van der Waals surface area (Å²) >= 11 is 0. The summed E-state index contributed by atoms with van der Waals surface area (Å²) in [6.45, 7) is 4.11. The lowest BCUT2D eigenvalue weighted by atomic mass is 9.83. The van der Waals surface area contributed by atoms with Gasteiger partial charge in [0.05, 0.1) is 34.7 Å². The van der Waals surface area contributed by atoms with Crippen LogP contribution in [0.4, 0.5) is 11.4 Å². The van der Waals surface area contributed by atoms with Crippen LogP contribution < -0.4 is 11.2 Å². The molecule has 2 aromatic rings. The quantitative estimate of drug-likeness (QED) is 0.355. The van der Waals surface area contributed by atoms with Crippen LogP contribution >= 0.6 is 0 Å². The second-order valence-electron chi connectivity index (χ2n) is 9.22. The van der Waals surface area contributed by atoms with Gasteiger partial charge in [0, 0.05) is 24.8 Å². The van der Waals surface area contributed by atoms with E-state index in [1.54, 1.807) is 20.8 Å². The van der Waals surface area contributed by atoms with Crippen molar-refractivity contribution in [2.75, 3.05) is 6.61 Å². The van der Waals surface area contributed by atoms with Gasteiger partial charge in [-0.1, -0.05) is 20.8 Å². The number of nitro benzene ring substituents is 2. The average molecular weight is 494 g/mol. The van der Waals surface area contributed by atoms with Crippen molar-refractivity contribution in [2.45, 2.75) is 58.3 Å². The molecule has 14 nitrogen and oxygen atoms in total. The zero-order chi connectivity index (χ0) is 26.1. The van der Waals surface area contributed by atoms with Gasteiger partial charge in [-0.05, 0) is 11.5 Å². The Hall–Kier alpha value is -3.46. The van der Waals surface area contributed by atoms with E-state index >= 15 is 0 Å². The Bertz CT molecular complexity index is 1200. The first-order chi connectivity index (χ1) is 16.3. The number of aliphatic hydroxyl groups is 2. The number of H-pyrrole nitrogens is 1. The number of rotatable bonds is 8. The van der Waals surface area contributed by atoms with Gasteiger partial charge in [0.15, 0.2) is 0 Å². The van der Waals surface area contributed by atoms with E-state index in [-0.39, 0.29) is 17.5 Å². The molecule has 14 heteroatoms. The molecule has 3 N–H and O–H groups in total. The number of aliphatic hydroxyl groups excluding tert-OH is 2. The van der Waals surface area contributed by atoms with Crippen molar-refractivity contribution >= 4 is 11.4 Å². The van der Waals surface area contributed by atoms with Crippen molar-refractivity contribution in [3.8, 4) is 0 Å². The summed E-state index contributed by atoms with van der Waals surface area (Å²) in [4.78, 5) is 48.7. The molecular weight excluding hydrogens is 468 g/mol. The third-order valence-corrected chi connectivity index (χ3v) is 5.64. The lowest BCUT2D eigenvalue weighted by molar-refractivity contribution is -0.397. The molecule has 1 saturated heterocycles. The summed E-state index contributed by atoms with van der Waals surface area (Å²) in [5.74, 6) is 0. The number of hydrogen-bond acceptors (Lipinski definition) is 10. The van der Waals surface area contributed by atoms with Gasteiger partial charge in [-0.3, -0.25) is 34.6 Å². The van der Waals surface area contributed by atoms with E-state index in [1.807, 2.05) is 0 Å². The number of aromatic nitrogens is 2. The Balaban J connectivity index is 2.00. The normalized spacial score (nSPS) is 21.1. The van der Waals surface area contributed by atoms with Gasteiger partial charge >= 0.3 is 5.69 Å². The Morgan fingerprint density at radius 1 is 1.23 bits per heavy atom. The fourth-order valence-electron chi connectivity index (χ4n) is 3.96. The Morgan fingerprint density at radius 2 is 1.83 bits per heavy atom. The lowest BCUT2D eigenvalue weighted by Crippen LogP contribution is -2.35. The Kier molecular flexibility index (Phi) is 7.50. The predicted octanol–water partition coefficient (Wildman–Crippen LogP) is 1.30. The topological polar surface area (TPSA) is 200 Å². The molecule has 1 aromatic carbocycles. The SMILES string of the molecule is CC(C)(C)C(OCc1cn([C@H]2C[C@H](O)[C@@H](CO)O2)c(=O)[nH]c1=O)c1c([N+](=O)[O-])cccc1[N+](=O)[O-]. The van der Waals surface area contributed by atoms with Crippen LogP contribution in [0.15, 0.2) is 34.0 Å². The minimum Gasteiger partial charge on any atom is -0.394 e. The fourth-order valence-corrected chi connectivity index (χ4v) is 3.96. The number of aromatic amines is 1. The van der Waals surface area contributed by atoms with Crippen molar-refractivity contribution in [3.63, 3.8) is 0 Å². The fraction of sp³-hybridized carbons (Fsp3) is 0.524. The van der Waals surface area contributed by atoms with Crippen LogP contribution in [-0.2, 0) is 16.1 Å². The highest BCUT2D eigenvalue weighted by molar-refractivity contribution is 5.55. The van der Waals surface area contributed by atoms with Gasteiger partial charge in [0.1, 0.15) is 24.0 Å². The van der Waals surface area contributed by atoms with Crippen LogP contribution in [0, 0.1) is 25.6 Å². The third-order valence-electron chi connectivity index (χ3n) is 5.64. The highest BCUT2D eigenvalue weighted by Gasteiger charge is 2.39. The van der Waals surface area contributed by atoms with E-state index in [0.29, 0.717) is 0 Å². The second-order valence-corrected chi connectivity index (χ2v) is 9.22. The summed E-state index contributed by atoms with van der Waals surface area (Å²) in [6, 6.07) is 3.48. The summed E-state index contributed by atoms with van der Waals surface area (Å²) < 4.78 is 12.4. The van der Waals surface area contributed by atoms with Crippen molar-refractivity contribution < 1.29 is 29.5 Å². The minimum absolute atomic E-state index is 0.00943. The molecule has 190 valence electrons. The number of ether oxygens (including phenoxy) is 2. The molecule has 0 saturated carbocycles. The van der Waals surface area contributed by atoms with Crippen LogP contribution in [0.2, 0.25) is 0 Å². The van der Waals surface area contributed by atoms with Crippen LogP contribution in [0.5, 0.6) is 0 Å². The van der Waals surface area contributed by atoms with Gasteiger partial charge < -0.3 is 19.7 Å². The summed E-state index contributed by atoms with van der Waals surface area (Å²) in [6.07, 6.45) is -2.89. The van der Waals surface area contributed by atoms with E-state index in [1.165, 1.54) is 12.3 Å². The standard InChI is InChI=1S/C21H26N4O10/c1-21(2,3)18(17-12(24(30)31)5-4-6-13(17)25(32)33)34-10-11-8-23(20(29)22-19(11)28)16-7-14(27)15(9-26)35-16/h4-6,8,14-16,18,26-27H,7,9-10H2,1-3H3,(H,22,28,29)/t14-,15+,16+,18?/m0/s1. The van der Waals surface area contributed by atoms with Gasteiger partial charge in [-0.25, -0.2) is 4.79 Å². The van der Waals surface area contributed by atoms with Crippen molar-refractivity contribution in [1.29, 1.82) is 0 Å². The molecule has 0 radical (unpaired) electrons. The average Bonchev–Trinajstić information content (AvgIpc) is 3.14. The van der Waals surface area contributed by atoms with Crippen LogP contribution in [-0.4, -0.2) is 48.4 Å². The zero-order valence-electron chi connectivity index (χ0n) is 19.2. The third kappa shape index (κ3) is 5.45. The predicted molar refractivity (Wildman–Crippen MR) is 120 cm³/mol. The molecule has 4 atom stereocenters. The summed E-state index contributed by atoms with van der Waals surface area (Å²) in [7, 11) is 0. The van der Waals surface area contributed by atoms with Gasteiger partial charge in [-0.15, -0.1) is 0 Å². The number of nitro groups is 2. The highest BCUT2D eigenvalue weighted by atomic mass is 16.6. The molecule has 35 heavy (non-hydrogen) atoms.